The molecule has 0 spiro atoms. The highest BCUT2D eigenvalue weighted by Crippen LogP contribution is 2.55. The lowest BCUT2D eigenvalue weighted by Crippen LogP contribution is -2.15. The van der Waals surface area contributed by atoms with Crippen LogP contribution in [0.5, 0.6) is 0 Å². The van der Waals surface area contributed by atoms with E-state index in [1.807, 2.05) is 0 Å². The molecule has 0 aromatic heterocycles. The molecule has 1 aromatic rings. The van der Waals surface area contributed by atoms with Gasteiger partial charge in [-0.15, -0.1) is 0 Å². The Labute approximate surface area is 133 Å². The molecule has 3 rings (SSSR count). The molecule has 1 N–H and O–H groups in total. The van der Waals surface area contributed by atoms with Gasteiger partial charge in [0.2, 0.25) is 5.91 Å². The minimum Gasteiger partial charge on any atom is -0.325 e. The van der Waals surface area contributed by atoms with Crippen LogP contribution >= 0.6 is 22.3 Å². The van der Waals surface area contributed by atoms with E-state index in [0.29, 0.717) is 17.5 Å². The molecule has 4 nitrogen and oxygen atoms in total. The maximum absolute atomic E-state index is 12.3. The number of halogens is 2. The lowest BCUT2D eigenvalue weighted by Gasteiger charge is -2.08. The molecule has 0 heterocycles. The predicted octanol–water partition coefficient (Wildman–Crippen LogP) is 3.64. The zero-order valence-electron chi connectivity index (χ0n) is 11.2. The quantitative estimate of drug-likeness (QED) is 0.849. The van der Waals surface area contributed by atoms with Crippen LogP contribution in [0.4, 0.5) is 5.69 Å². The van der Waals surface area contributed by atoms with Gasteiger partial charge in [-0.1, -0.05) is 24.4 Å². The Morgan fingerprint density at radius 1 is 1.19 bits per heavy atom. The third-order valence-electron chi connectivity index (χ3n) is 4.44. The molecule has 7 heteroatoms. The monoisotopic (exact) mass is 347 g/mol. The number of nitrogens with one attached hydrogen (secondary N) is 1. The SMILES string of the molecule is O=C(Nc1ccc(S(=O)(=O)Cl)cc1Cl)C1C2CCCCC21. The van der Waals surface area contributed by atoms with Gasteiger partial charge in [-0.2, -0.15) is 0 Å². The summed E-state index contributed by atoms with van der Waals surface area (Å²) in [5.41, 5.74) is 0.425. The highest BCUT2D eigenvalue weighted by atomic mass is 35.7. The van der Waals surface area contributed by atoms with Crippen LogP contribution in [0.15, 0.2) is 23.1 Å². The summed E-state index contributed by atoms with van der Waals surface area (Å²) in [5, 5.41) is 2.97. The molecule has 114 valence electrons. The van der Waals surface area contributed by atoms with Crippen LogP contribution in [0.2, 0.25) is 5.02 Å². The average molecular weight is 348 g/mol. The van der Waals surface area contributed by atoms with E-state index in [1.54, 1.807) is 0 Å². The fourth-order valence-electron chi connectivity index (χ4n) is 3.35. The van der Waals surface area contributed by atoms with E-state index in [9.17, 15) is 13.2 Å². The molecule has 1 amide bonds. The Morgan fingerprint density at radius 2 is 1.81 bits per heavy atom. The van der Waals surface area contributed by atoms with Crippen LogP contribution in [0.25, 0.3) is 0 Å². The van der Waals surface area contributed by atoms with E-state index >= 15 is 0 Å². The highest BCUT2D eigenvalue weighted by Gasteiger charge is 2.54. The average Bonchev–Trinajstić information content (AvgIpc) is 3.14. The fraction of sp³-hybridized carbons (Fsp3) is 0.500. The molecule has 1 aromatic carbocycles. The minimum atomic E-state index is -3.82. The zero-order valence-corrected chi connectivity index (χ0v) is 13.5. The third kappa shape index (κ3) is 3.05. The number of rotatable bonds is 3. The molecule has 0 radical (unpaired) electrons. The number of hydrogen-bond donors (Lipinski definition) is 1. The van der Waals surface area contributed by atoms with Crippen molar-refractivity contribution in [3.63, 3.8) is 0 Å². The molecular formula is C14H15Cl2NO3S. The van der Waals surface area contributed by atoms with Crippen LogP contribution in [-0.4, -0.2) is 14.3 Å². The maximum Gasteiger partial charge on any atom is 0.261 e. The Morgan fingerprint density at radius 3 is 2.33 bits per heavy atom. The zero-order chi connectivity index (χ0) is 15.2. The van der Waals surface area contributed by atoms with Crippen molar-refractivity contribution in [2.45, 2.75) is 30.6 Å². The molecule has 21 heavy (non-hydrogen) atoms. The first kappa shape index (κ1) is 15.1. The van der Waals surface area contributed by atoms with E-state index in [2.05, 4.69) is 5.32 Å². The van der Waals surface area contributed by atoms with Crippen LogP contribution in [0.3, 0.4) is 0 Å². The minimum absolute atomic E-state index is 0.0183. The number of benzene rings is 1. The van der Waals surface area contributed by atoms with E-state index in [0.717, 1.165) is 12.8 Å². The fourth-order valence-corrected chi connectivity index (χ4v) is 4.42. The molecule has 2 aliphatic carbocycles. The van der Waals surface area contributed by atoms with Gasteiger partial charge in [0.1, 0.15) is 0 Å². The van der Waals surface area contributed by atoms with Crippen LogP contribution < -0.4 is 5.32 Å². The predicted molar refractivity (Wildman–Crippen MR) is 82.1 cm³/mol. The molecule has 2 saturated carbocycles. The number of anilines is 1. The van der Waals surface area contributed by atoms with Crippen LogP contribution in [0, 0.1) is 17.8 Å². The topological polar surface area (TPSA) is 63.2 Å². The number of hydrogen-bond acceptors (Lipinski definition) is 3. The summed E-state index contributed by atoms with van der Waals surface area (Å²) in [6, 6.07) is 4.06. The normalized spacial score (nSPS) is 27.8. The summed E-state index contributed by atoms with van der Waals surface area (Å²) in [7, 11) is 1.44. The summed E-state index contributed by atoms with van der Waals surface area (Å²) in [4.78, 5) is 12.2. The summed E-state index contributed by atoms with van der Waals surface area (Å²) in [6.07, 6.45) is 4.65. The molecule has 2 unspecified atom stereocenters. The van der Waals surface area contributed by atoms with Crippen molar-refractivity contribution in [3.8, 4) is 0 Å². The molecular weight excluding hydrogens is 333 g/mol. The van der Waals surface area contributed by atoms with Gasteiger partial charge in [0.05, 0.1) is 15.6 Å². The first-order valence-electron chi connectivity index (χ1n) is 6.93. The number of carbonyl (C=O) groups excluding carboxylic acids is 1. The molecule has 0 saturated heterocycles. The lowest BCUT2D eigenvalue weighted by molar-refractivity contribution is -0.117. The van der Waals surface area contributed by atoms with Gasteiger partial charge < -0.3 is 5.32 Å². The largest absolute Gasteiger partial charge is 0.325 e. The van der Waals surface area contributed by atoms with Crippen molar-refractivity contribution >= 4 is 42.9 Å². The maximum atomic E-state index is 12.3. The Hall–Kier alpha value is -0.780. The number of carbonyl (C=O) groups is 1. The number of amides is 1. The van der Waals surface area contributed by atoms with E-state index < -0.39 is 9.05 Å². The first-order chi connectivity index (χ1) is 9.88. The molecule has 2 atom stereocenters. The van der Waals surface area contributed by atoms with Crippen molar-refractivity contribution in [1.82, 2.24) is 0 Å². The molecule has 0 bridgehead atoms. The lowest BCUT2D eigenvalue weighted by atomic mass is 10.0. The van der Waals surface area contributed by atoms with E-state index in [1.165, 1.54) is 31.0 Å². The van der Waals surface area contributed by atoms with E-state index in [4.69, 9.17) is 22.3 Å². The summed E-state index contributed by atoms with van der Waals surface area (Å²) in [6.45, 7) is 0. The Kier molecular flexibility index (Phi) is 3.93. The second-order valence-corrected chi connectivity index (χ2v) is 8.68. The summed E-state index contributed by atoms with van der Waals surface area (Å²) < 4.78 is 22.5. The third-order valence-corrected chi connectivity index (χ3v) is 6.10. The first-order valence-corrected chi connectivity index (χ1v) is 9.62. The van der Waals surface area contributed by atoms with Gasteiger partial charge in [-0.05, 0) is 42.9 Å². The van der Waals surface area contributed by atoms with Gasteiger partial charge in [0.25, 0.3) is 9.05 Å². The molecule has 2 fully saturated rings. The van der Waals surface area contributed by atoms with Crippen molar-refractivity contribution < 1.29 is 13.2 Å². The van der Waals surface area contributed by atoms with Gasteiger partial charge in [-0.25, -0.2) is 8.42 Å². The van der Waals surface area contributed by atoms with Gasteiger partial charge in [0, 0.05) is 16.6 Å². The van der Waals surface area contributed by atoms with Crippen molar-refractivity contribution in [2.75, 3.05) is 5.32 Å². The Balaban J connectivity index is 1.72. The second-order valence-electron chi connectivity index (χ2n) is 5.71. The van der Waals surface area contributed by atoms with Gasteiger partial charge in [-0.3, -0.25) is 4.79 Å². The molecule has 2 aliphatic rings. The van der Waals surface area contributed by atoms with Gasteiger partial charge >= 0.3 is 0 Å². The molecule has 0 aliphatic heterocycles. The van der Waals surface area contributed by atoms with Crippen molar-refractivity contribution in [2.24, 2.45) is 17.8 Å². The van der Waals surface area contributed by atoms with Crippen LogP contribution in [0.1, 0.15) is 25.7 Å². The van der Waals surface area contributed by atoms with Crippen molar-refractivity contribution in [3.05, 3.63) is 23.2 Å². The Bertz CT molecular complexity index is 677. The summed E-state index contributed by atoms with van der Waals surface area (Å²) >= 11 is 6.02. The second kappa shape index (κ2) is 5.45. The van der Waals surface area contributed by atoms with Crippen molar-refractivity contribution in [1.29, 1.82) is 0 Å². The smallest absolute Gasteiger partial charge is 0.261 e. The standard InChI is InChI=1S/C14H15Cl2NO3S/c15-11-7-8(21(16,19)20)5-6-12(11)17-14(18)13-9-3-1-2-4-10(9)13/h5-7,9-10,13H,1-4H2,(H,17,18). The van der Waals surface area contributed by atoms with E-state index in [-0.39, 0.29) is 21.7 Å². The van der Waals surface area contributed by atoms with Gasteiger partial charge in [0.15, 0.2) is 0 Å². The van der Waals surface area contributed by atoms with Crippen LogP contribution in [-0.2, 0) is 13.8 Å². The highest BCUT2D eigenvalue weighted by molar-refractivity contribution is 8.13. The summed E-state index contributed by atoms with van der Waals surface area (Å²) in [5.74, 6) is 1.09. The number of fused-ring (bicyclic) bond motifs is 1.